The molecule has 0 bridgehead atoms. The summed E-state index contributed by atoms with van der Waals surface area (Å²) in [6.07, 6.45) is 1.70. The Hall–Kier alpha value is -2.17. The smallest absolute Gasteiger partial charge is 0.227 e. The SMILES string of the molecule is CNc1nc(C(C)C)nc(Oc2ccc(C)nc2)c1C. The van der Waals surface area contributed by atoms with Crippen LogP contribution in [0.4, 0.5) is 5.82 Å². The van der Waals surface area contributed by atoms with E-state index in [4.69, 9.17) is 4.74 Å². The van der Waals surface area contributed by atoms with E-state index in [1.807, 2.05) is 33.0 Å². The van der Waals surface area contributed by atoms with E-state index in [0.717, 1.165) is 22.9 Å². The van der Waals surface area contributed by atoms with Crippen LogP contribution in [0.15, 0.2) is 18.3 Å². The quantitative estimate of drug-likeness (QED) is 0.923. The molecule has 2 aromatic heterocycles. The van der Waals surface area contributed by atoms with Crippen LogP contribution in [0.1, 0.15) is 36.8 Å². The van der Waals surface area contributed by atoms with Crippen LogP contribution >= 0.6 is 0 Å². The van der Waals surface area contributed by atoms with Crippen molar-refractivity contribution in [2.45, 2.75) is 33.6 Å². The number of pyridine rings is 1. The summed E-state index contributed by atoms with van der Waals surface area (Å²) in [7, 11) is 1.84. The van der Waals surface area contributed by atoms with Gasteiger partial charge in [-0.05, 0) is 26.0 Å². The fourth-order valence-corrected chi connectivity index (χ4v) is 1.74. The van der Waals surface area contributed by atoms with Gasteiger partial charge in [-0.1, -0.05) is 13.8 Å². The van der Waals surface area contributed by atoms with Crippen LogP contribution in [0.3, 0.4) is 0 Å². The molecule has 0 fully saturated rings. The maximum absolute atomic E-state index is 5.84. The van der Waals surface area contributed by atoms with Gasteiger partial charge in [-0.2, -0.15) is 4.98 Å². The third kappa shape index (κ3) is 3.04. The largest absolute Gasteiger partial charge is 0.437 e. The van der Waals surface area contributed by atoms with Crippen LogP contribution in [0.5, 0.6) is 11.6 Å². The first-order valence-electron chi connectivity index (χ1n) is 6.68. The first-order chi connectivity index (χ1) is 9.51. The van der Waals surface area contributed by atoms with Crippen LogP contribution in [0.2, 0.25) is 0 Å². The Bertz CT molecular complexity index is 594. The van der Waals surface area contributed by atoms with Gasteiger partial charge in [0.2, 0.25) is 5.88 Å². The van der Waals surface area contributed by atoms with Crippen molar-refractivity contribution in [3.05, 3.63) is 35.4 Å². The number of aromatic nitrogens is 3. The lowest BCUT2D eigenvalue weighted by molar-refractivity contribution is 0.451. The molecule has 5 nitrogen and oxygen atoms in total. The van der Waals surface area contributed by atoms with E-state index in [0.29, 0.717) is 11.6 Å². The lowest BCUT2D eigenvalue weighted by Gasteiger charge is -2.14. The predicted octanol–water partition coefficient (Wildman–Crippen LogP) is 3.45. The lowest BCUT2D eigenvalue weighted by Crippen LogP contribution is -2.06. The molecule has 2 heterocycles. The first-order valence-corrected chi connectivity index (χ1v) is 6.68. The highest BCUT2D eigenvalue weighted by Crippen LogP contribution is 2.28. The van der Waals surface area contributed by atoms with Crippen LogP contribution in [-0.2, 0) is 0 Å². The number of nitrogens with zero attached hydrogens (tertiary/aromatic N) is 3. The molecular weight excluding hydrogens is 252 g/mol. The Kier molecular flexibility index (Phi) is 4.17. The maximum Gasteiger partial charge on any atom is 0.227 e. The third-order valence-electron chi connectivity index (χ3n) is 2.97. The number of rotatable bonds is 4. The fraction of sp³-hybridized carbons (Fsp3) is 0.400. The molecular formula is C15H20N4O. The molecule has 2 aromatic rings. The van der Waals surface area contributed by atoms with Crippen molar-refractivity contribution in [2.24, 2.45) is 0 Å². The molecule has 0 radical (unpaired) electrons. The third-order valence-corrected chi connectivity index (χ3v) is 2.97. The highest BCUT2D eigenvalue weighted by Gasteiger charge is 2.14. The molecule has 0 aliphatic carbocycles. The fourth-order valence-electron chi connectivity index (χ4n) is 1.74. The second-order valence-corrected chi connectivity index (χ2v) is 5.00. The summed E-state index contributed by atoms with van der Waals surface area (Å²) in [5.41, 5.74) is 1.84. The van der Waals surface area contributed by atoms with Gasteiger partial charge < -0.3 is 10.1 Å². The number of ether oxygens (including phenoxy) is 1. The van der Waals surface area contributed by atoms with Gasteiger partial charge in [0.1, 0.15) is 17.4 Å². The van der Waals surface area contributed by atoms with Gasteiger partial charge in [0.15, 0.2) is 0 Å². The molecule has 0 atom stereocenters. The minimum absolute atomic E-state index is 0.237. The summed E-state index contributed by atoms with van der Waals surface area (Å²) in [6.45, 7) is 7.99. The molecule has 0 aliphatic rings. The summed E-state index contributed by atoms with van der Waals surface area (Å²) in [5.74, 6) is 3.03. The van der Waals surface area contributed by atoms with E-state index in [2.05, 4.69) is 34.1 Å². The summed E-state index contributed by atoms with van der Waals surface area (Å²) >= 11 is 0. The van der Waals surface area contributed by atoms with Crippen molar-refractivity contribution in [2.75, 3.05) is 12.4 Å². The summed E-state index contributed by atoms with van der Waals surface area (Å²) < 4.78 is 5.84. The van der Waals surface area contributed by atoms with Crippen LogP contribution in [0, 0.1) is 13.8 Å². The number of nitrogens with one attached hydrogen (secondary N) is 1. The normalized spacial score (nSPS) is 10.7. The van der Waals surface area contributed by atoms with E-state index < -0.39 is 0 Å². The molecule has 0 saturated heterocycles. The maximum atomic E-state index is 5.84. The average Bonchev–Trinajstić information content (AvgIpc) is 2.43. The Balaban J connectivity index is 2.39. The Morgan fingerprint density at radius 2 is 1.90 bits per heavy atom. The Morgan fingerprint density at radius 3 is 2.45 bits per heavy atom. The summed E-state index contributed by atoms with van der Waals surface area (Å²) in [6, 6.07) is 3.80. The topological polar surface area (TPSA) is 59.9 Å². The van der Waals surface area contributed by atoms with E-state index in [1.54, 1.807) is 6.20 Å². The monoisotopic (exact) mass is 272 g/mol. The zero-order valence-corrected chi connectivity index (χ0v) is 12.6. The zero-order chi connectivity index (χ0) is 14.7. The minimum Gasteiger partial charge on any atom is -0.437 e. The molecule has 20 heavy (non-hydrogen) atoms. The van der Waals surface area contributed by atoms with Crippen molar-refractivity contribution in [1.29, 1.82) is 0 Å². The Labute approximate surface area is 119 Å². The van der Waals surface area contributed by atoms with Crippen molar-refractivity contribution < 1.29 is 4.74 Å². The lowest BCUT2D eigenvalue weighted by atomic mass is 10.2. The van der Waals surface area contributed by atoms with Gasteiger partial charge in [0, 0.05) is 18.7 Å². The molecule has 2 rings (SSSR count). The molecule has 0 saturated carbocycles. The first kappa shape index (κ1) is 14.2. The molecule has 0 aliphatic heterocycles. The highest BCUT2D eigenvalue weighted by molar-refractivity contribution is 5.49. The summed E-state index contributed by atoms with van der Waals surface area (Å²) in [5, 5.41) is 3.08. The summed E-state index contributed by atoms with van der Waals surface area (Å²) in [4.78, 5) is 13.2. The molecule has 5 heteroatoms. The van der Waals surface area contributed by atoms with Crippen molar-refractivity contribution >= 4 is 5.82 Å². The van der Waals surface area contributed by atoms with Crippen molar-refractivity contribution in [3.8, 4) is 11.6 Å². The molecule has 0 aromatic carbocycles. The van der Waals surface area contributed by atoms with Gasteiger partial charge in [-0.15, -0.1) is 0 Å². The second-order valence-electron chi connectivity index (χ2n) is 5.00. The van der Waals surface area contributed by atoms with Crippen molar-refractivity contribution in [1.82, 2.24) is 15.0 Å². The Morgan fingerprint density at radius 1 is 1.15 bits per heavy atom. The van der Waals surface area contributed by atoms with Gasteiger partial charge in [-0.3, -0.25) is 4.98 Å². The highest BCUT2D eigenvalue weighted by atomic mass is 16.5. The van der Waals surface area contributed by atoms with E-state index in [1.165, 1.54) is 0 Å². The zero-order valence-electron chi connectivity index (χ0n) is 12.6. The number of aryl methyl sites for hydroxylation is 1. The molecule has 0 spiro atoms. The number of hydrogen-bond acceptors (Lipinski definition) is 5. The van der Waals surface area contributed by atoms with E-state index in [-0.39, 0.29) is 5.92 Å². The number of anilines is 1. The van der Waals surface area contributed by atoms with Crippen molar-refractivity contribution in [3.63, 3.8) is 0 Å². The van der Waals surface area contributed by atoms with Crippen LogP contribution in [-0.4, -0.2) is 22.0 Å². The van der Waals surface area contributed by atoms with Gasteiger partial charge in [0.25, 0.3) is 0 Å². The van der Waals surface area contributed by atoms with Gasteiger partial charge >= 0.3 is 0 Å². The van der Waals surface area contributed by atoms with Gasteiger partial charge in [-0.25, -0.2) is 4.98 Å². The molecule has 106 valence electrons. The molecule has 1 N–H and O–H groups in total. The minimum atomic E-state index is 0.237. The van der Waals surface area contributed by atoms with E-state index in [9.17, 15) is 0 Å². The van der Waals surface area contributed by atoms with Crippen LogP contribution < -0.4 is 10.1 Å². The van der Waals surface area contributed by atoms with Gasteiger partial charge in [0.05, 0.1) is 11.8 Å². The second kappa shape index (κ2) is 5.86. The average molecular weight is 272 g/mol. The van der Waals surface area contributed by atoms with E-state index >= 15 is 0 Å². The molecule has 0 unspecified atom stereocenters. The molecule has 0 amide bonds. The predicted molar refractivity (Wildman–Crippen MR) is 79.5 cm³/mol. The standard InChI is InChI=1S/C15H20N4O/c1-9(2)13-18-14(16-5)11(4)15(19-13)20-12-7-6-10(3)17-8-12/h6-9H,1-5H3,(H,16,18,19). The van der Waals surface area contributed by atoms with Crippen LogP contribution in [0.25, 0.3) is 0 Å². The number of hydrogen-bond donors (Lipinski definition) is 1.